The molecule has 1 atom stereocenters. The Balaban J connectivity index is 1.75. The van der Waals surface area contributed by atoms with Crippen LogP contribution in [0, 0.1) is 5.92 Å². The van der Waals surface area contributed by atoms with Crippen LogP contribution >= 0.6 is 0 Å². The average molecular weight is 254 g/mol. The van der Waals surface area contributed by atoms with E-state index in [1.54, 1.807) is 0 Å². The van der Waals surface area contributed by atoms with Crippen molar-refractivity contribution in [1.82, 2.24) is 10.2 Å². The van der Waals surface area contributed by atoms with Gasteiger partial charge in [0.1, 0.15) is 0 Å². The summed E-state index contributed by atoms with van der Waals surface area (Å²) in [5, 5.41) is 3.62. The Labute approximate surface area is 112 Å². The first-order valence-electron chi connectivity index (χ1n) is 7.60. The van der Waals surface area contributed by atoms with Crippen LogP contribution in [0.5, 0.6) is 0 Å². The lowest BCUT2D eigenvalue weighted by Crippen LogP contribution is -2.41. The molecule has 3 nitrogen and oxygen atoms in total. The minimum Gasteiger partial charge on any atom is -0.379 e. The van der Waals surface area contributed by atoms with Crippen LogP contribution in [0.2, 0.25) is 0 Å². The van der Waals surface area contributed by atoms with E-state index in [4.69, 9.17) is 4.74 Å². The van der Waals surface area contributed by atoms with Crippen molar-refractivity contribution in [2.75, 3.05) is 33.3 Å². The number of rotatable bonds is 8. The molecule has 1 saturated heterocycles. The van der Waals surface area contributed by atoms with E-state index >= 15 is 0 Å². The lowest BCUT2D eigenvalue weighted by molar-refractivity contribution is 0.00653. The van der Waals surface area contributed by atoms with Gasteiger partial charge in [-0.1, -0.05) is 0 Å². The summed E-state index contributed by atoms with van der Waals surface area (Å²) in [7, 11) is 1.82. The molecule has 2 fully saturated rings. The monoisotopic (exact) mass is 254 g/mol. The van der Waals surface area contributed by atoms with Gasteiger partial charge in [0.05, 0.1) is 5.60 Å². The third kappa shape index (κ3) is 4.87. The van der Waals surface area contributed by atoms with Gasteiger partial charge in [-0.2, -0.15) is 0 Å². The van der Waals surface area contributed by atoms with Gasteiger partial charge in [0.2, 0.25) is 0 Å². The lowest BCUT2D eigenvalue weighted by Gasteiger charge is -2.30. The number of ether oxygens (including phenoxy) is 1. The average Bonchev–Trinajstić information content (AvgIpc) is 3.01. The molecule has 1 aliphatic heterocycles. The first-order chi connectivity index (χ1) is 8.59. The molecule has 2 rings (SSSR count). The maximum Gasteiger partial charge on any atom is 0.0634 e. The smallest absolute Gasteiger partial charge is 0.0634 e. The van der Waals surface area contributed by atoms with E-state index in [-0.39, 0.29) is 5.60 Å². The Bertz CT molecular complexity index is 245. The van der Waals surface area contributed by atoms with Crippen molar-refractivity contribution in [3.63, 3.8) is 0 Å². The molecule has 106 valence electrons. The largest absolute Gasteiger partial charge is 0.379 e. The molecule has 0 radical (unpaired) electrons. The van der Waals surface area contributed by atoms with Crippen molar-refractivity contribution in [3.05, 3.63) is 0 Å². The van der Waals surface area contributed by atoms with Gasteiger partial charge in [-0.3, -0.25) is 0 Å². The molecule has 0 aromatic heterocycles. The fraction of sp³-hybridized carbons (Fsp3) is 1.00. The Morgan fingerprint density at radius 2 is 2.00 bits per heavy atom. The zero-order valence-corrected chi connectivity index (χ0v) is 12.4. The molecule has 1 unspecified atom stereocenters. The van der Waals surface area contributed by atoms with Crippen molar-refractivity contribution >= 4 is 0 Å². The van der Waals surface area contributed by atoms with Crippen LogP contribution in [-0.2, 0) is 4.74 Å². The van der Waals surface area contributed by atoms with Gasteiger partial charge in [-0.05, 0) is 58.4 Å². The minimum absolute atomic E-state index is 0.0188. The van der Waals surface area contributed by atoms with E-state index in [1.807, 2.05) is 7.11 Å². The van der Waals surface area contributed by atoms with Gasteiger partial charge >= 0.3 is 0 Å². The zero-order chi connectivity index (χ0) is 13.0. The maximum absolute atomic E-state index is 5.54. The fourth-order valence-electron chi connectivity index (χ4n) is 2.68. The molecule has 0 aromatic carbocycles. The third-order valence-corrected chi connectivity index (χ3v) is 4.44. The van der Waals surface area contributed by atoms with E-state index in [1.165, 1.54) is 51.9 Å². The van der Waals surface area contributed by atoms with E-state index in [0.29, 0.717) is 0 Å². The lowest BCUT2D eigenvalue weighted by atomic mass is 10.0. The van der Waals surface area contributed by atoms with Crippen LogP contribution in [0.25, 0.3) is 0 Å². The van der Waals surface area contributed by atoms with Crippen LogP contribution in [0.4, 0.5) is 0 Å². The second-order valence-electron chi connectivity index (χ2n) is 6.71. The van der Waals surface area contributed by atoms with Gasteiger partial charge in [-0.25, -0.2) is 0 Å². The fourth-order valence-corrected chi connectivity index (χ4v) is 2.68. The topological polar surface area (TPSA) is 24.5 Å². The minimum atomic E-state index is 0.0188. The molecule has 1 heterocycles. The van der Waals surface area contributed by atoms with E-state index in [2.05, 4.69) is 24.1 Å². The van der Waals surface area contributed by atoms with Crippen molar-refractivity contribution in [2.45, 2.75) is 57.6 Å². The number of nitrogens with zero attached hydrogens (tertiary/aromatic N) is 1. The Morgan fingerprint density at radius 1 is 1.22 bits per heavy atom. The summed E-state index contributed by atoms with van der Waals surface area (Å²) < 4.78 is 5.54. The standard InChI is InChI=1S/C15H30N2O/c1-15(2,18-3)8-10-17(11-13-6-7-13)12-14-5-4-9-16-14/h13-14,16H,4-12H2,1-3H3. The highest BCUT2D eigenvalue weighted by Gasteiger charge is 2.27. The Hall–Kier alpha value is -0.120. The molecule has 0 spiro atoms. The molecule has 0 amide bonds. The highest BCUT2D eigenvalue weighted by molar-refractivity contribution is 4.83. The summed E-state index contributed by atoms with van der Waals surface area (Å²) in [4.78, 5) is 2.67. The number of methoxy groups -OCH3 is 1. The summed E-state index contributed by atoms with van der Waals surface area (Å²) in [5.74, 6) is 0.983. The first-order valence-corrected chi connectivity index (χ1v) is 7.60. The molecule has 3 heteroatoms. The Morgan fingerprint density at radius 3 is 2.56 bits per heavy atom. The first kappa shape index (κ1) is 14.3. The Kier molecular flexibility index (Phi) is 5.05. The molecule has 0 aromatic rings. The third-order valence-electron chi connectivity index (χ3n) is 4.44. The van der Waals surface area contributed by atoms with Gasteiger partial charge in [0.15, 0.2) is 0 Å². The molecular formula is C15H30N2O. The summed E-state index contributed by atoms with van der Waals surface area (Å²) >= 11 is 0. The normalized spacial score (nSPS) is 25.0. The van der Waals surface area contributed by atoms with E-state index in [0.717, 1.165) is 18.4 Å². The summed E-state index contributed by atoms with van der Waals surface area (Å²) in [6.07, 6.45) is 6.73. The highest BCUT2D eigenvalue weighted by atomic mass is 16.5. The summed E-state index contributed by atoms with van der Waals surface area (Å²) in [5.41, 5.74) is 0.0188. The summed E-state index contributed by atoms with van der Waals surface area (Å²) in [6, 6.07) is 0.731. The molecular weight excluding hydrogens is 224 g/mol. The van der Waals surface area contributed by atoms with Crippen LogP contribution in [0.3, 0.4) is 0 Å². The number of nitrogens with one attached hydrogen (secondary N) is 1. The quantitative estimate of drug-likeness (QED) is 0.719. The molecule has 18 heavy (non-hydrogen) atoms. The van der Waals surface area contributed by atoms with Crippen LogP contribution in [0.1, 0.15) is 46.0 Å². The molecule has 1 N–H and O–H groups in total. The van der Waals surface area contributed by atoms with Crippen molar-refractivity contribution in [2.24, 2.45) is 5.92 Å². The van der Waals surface area contributed by atoms with Gasteiger partial charge < -0.3 is 15.0 Å². The van der Waals surface area contributed by atoms with Crippen molar-refractivity contribution in [3.8, 4) is 0 Å². The van der Waals surface area contributed by atoms with Crippen molar-refractivity contribution < 1.29 is 4.74 Å². The predicted molar refractivity (Wildman–Crippen MR) is 75.9 cm³/mol. The van der Waals surface area contributed by atoms with E-state index < -0.39 is 0 Å². The SMILES string of the molecule is COC(C)(C)CCN(CC1CC1)CC1CCCN1. The molecule has 2 aliphatic rings. The number of hydrogen-bond donors (Lipinski definition) is 1. The maximum atomic E-state index is 5.54. The van der Waals surface area contributed by atoms with Crippen molar-refractivity contribution in [1.29, 1.82) is 0 Å². The second-order valence-corrected chi connectivity index (χ2v) is 6.71. The van der Waals surface area contributed by atoms with E-state index in [9.17, 15) is 0 Å². The summed E-state index contributed by atoms with van der Waals surface area (Å²) in [6.45, 7) is 9.31. The second kappa shape index (κ2) is 6.36. The highest BCUT2D eigenvalue weighted by Crippen LogP contribution is 2.30. The van der Waals surface area contributed by atoms with Crippen LogP contribution in [0.15, 0.2) is 0 Å². The van der Waals surface area contributed by atoms with Crippen LogP contribution < -0.4 is 5.32 Å². The van der Waals surface area contributed by atoms with Gasteiger partial charge in [-0.15, -0.1) is 0 Å². The predicted octanol–water partition coefficient (Wildman–Crippen LogP) is 2.27. The molecule has 0 bridgehead atoms. The van der Waals surface area contributed by atoms with Gasteiger partial charge in [0, 0.05) is 32.8 Å². The molecule has 1 aliphatic carbocycles. The van der Waals surface area contributed by atoms with Gasteiger partial charge in [0.25, 0.3) is 0 Å². The zero-order valence-electron chi connectivity index (χ0n) is 12.4. The molecule has 1 saturated carbocycles. The van der Waals surface area contributed by atoms with Crippen LogP contribution in [-0.4, -0.2) is 49.8 Å². The number of hydrogen-bond acceptors (Lipinski definition) is 3.